The summed E-state index contributed by atoms with van der Waals surface area (Å²) in [5.74, 6) is 0.0292. The molecule has 3 heteroatoms. The van der Waals surface area contributed by atoms with Crippen molar-refractivity contribution in [3.8, 4) is 5.88 Å². The standard InChI is InChI=1S/C11H15NO2/c1-2-7-6-10(14)12-11-8(7)4-3-5-9(11)13/h6,9,13H,2-5H2,1H3,(H,12,14). The number of aromatic hydroxyl groups is 1. The summed E-state index contributed by atoms with van der Waals surface area (Å²) in [5, 5.41) is 19.1. The van der Waals surface area contributed by atoms with Crippen molar-refractivity contribution in [3.05, 3.63) is 22.9 Å². The van der Waals surface area contributed by atoms with Crippen molar-refractivity contribution in [2.45, 2.75) is 38.7 Å². The summed E-state index contributed by atoms with van der Waals surface area (Å²) in [6.45, 7) is 2.05. The van der Waals surface area contributed by atoms with E-state index < -0.39 is 6.10 Å². The van der Waals surface area contributed by atoms with Crippen LogP contribution in [-0.4, -0.2) is 15.2 Å². The molecule has 1 unspecified atom stereocenters. The van der Waals surface area contributed by atoms with Gasteiger partial charge in [0.15, 0.2) is 0 Å². The zero-order chi connectivity index (χ0) is 10.1. The van der Waals surface area contributed by atoms with Crippen LogP contribution in [0.2, 0.25) is 0 Å². The highest BCUT2D eigenvalue weighted by molar-refractivity contribution is 5.37. The van der Waals surface area contributed by atoms with Crippen molar-refractivity contribution in [1.29, 1.82) is 0 Å². The van der Waals surface area contributed by atoms with Crippen LogP contribution in [0.25, 0.3) is 0 Å². The largest absolute Gasteiger partial charge is 0.493 e. The van der Waals surface area contributed by atoms with Crippen LogP contribution in [0, 0.1) is 0 Å². The summed E-state index contributed by atoms with van der Waals surface area (Å²) in [5.41, 5.74) is 2.95. The lowest BCUT2D eigenvalue weighted by Gasteiger charge is -2.22. The van der Waals surface area contributed by atoms with Gasteiger partial charge in [-0.2, -0.15) is 0 Å². The molecule has 0 aromatic carbocycles. The van der Waals surface area contributed by atoms with Crippen LogP contribution in [0.4, 0.5) is 0 Å². The normalized spacial score (nSPS) is 20.6. The van der Waals surface area contributed by atoms with Crippen LogP contribution in [0.5, 0.6) is 5.88 Å². The number of pyridine rings is 1. The number of aliphatic hydroxyl groups excluding tert-OH is 1. The van der Waals surface area contributed by atoms with Gasteiger partial charge in [-0.15, -0.1) is 0 Å². The van der Waals surface area contributed by atoms with Crippen LogP contribution >= 0.6 is 0 Å². The molecule has 0 amide bonds. The van der Waals surface area contributed by atoms with Crippen molar-refractivity contribution in [2.24, 2.45) is 0 Å². The predicted octanol–water partition coefficient (Wildman–Crippen LogP) is 1.72. The minimum absolute atomic E-state index is 0.0292. The maximum Gasteiger partial charge on any atom is 0.211 e. The van der Waals surface area contributed by atoms with Crippen molar-refractivity contribution < 1.29 is 10.2 Å². The smallest absolute Gasteiger partial charge is 0.211 e. The van der Waals surface area contributed by atoms with E-state index in [4.69, 9.17) is 0 Å². The van der Waals surface area contributed by atoms with E-state index in [1.165, 1.54) is 0 Å². The molecule has 1 aliphatic carbocycles. The Morgan fingerprint density at radius 3 is 3.07 bits per heavy atom. The lowest BCUT2D eigenvalue weighted by Crippen LogP contribution is -2.13. The molecule has 2 rings (SSSR count). The third-order valence-corrected chi connectivity index (χ3v) is 2.84. The van der Waals surface area contributed by atoms with Gasteiger partial charge in [-0.3, -0.25) is 0 Å². The first-order valence-corrected chi connectivity index (χ1v) is 5.12. The van der Waals surface area contributed by atoms with Gasteiger partial charge in [0.2, 0.25) is 5.88 Å². The third kappa shape index (κ3) is 1.48. The van der Waals surface area contributed by atoms with E-state index in [0.717, 1.165) is 36.8 Å². The highest BCUT2D eigenvalue weighted by atomic mass is 16.3. The van der Waals surface area contributed by atoms with Gasteiger partial charge in [-0.05, 0) is 36.8 Å². The summed E-state index contributed by atoms with van der Waals surface area (Å²) >= 11 is 0. The second-order valence-electron chi connectivity index (χ2n) is 3.76. The Morgan fingerprint density at radius 2 is 2.36 bits per heavy atom. The van der Waals surface area contributed by atoms with E-state index in [1.54, 1.807) is 6.07 Å². The van der Waals surface area contributed by atoms with Crippen LogP contribution in [-0.2, 0) is 12.8 Å². The second-order valence-corrected chi connectivity index (χ2v) is 3.76. The molecule has 0 radical (unpaired) electrons. The maximum atomic E-state index is 9.73. The van der Waals surface area contributed by atoms with Crippen molar-refractivity contribution in [3.63, 3.8) is 0 Å². The molecule has 0 aliphatic heterocycles. The minimum atomic E-state index is -0.490. The molecule has 1 heterocycles. The van der Waals surface area contributed by atoms with Gasteiger partial charge in [-0.25, -0.2) is 4.98 Å². The van der Waals surface area contributed by atoms with Gasteiger partial charge in [0, 0.05) is 6.07 Å². The Bertz CT molecular complexity index is 349. The summed E-state index contributed by atoms with van der Waals surface area (Å²) in [4.78, 5) is 4.01. The number of hydrogen-bond donors (Lipinski definition) is 2. The van der Waals surface area contributed by atoms with Crippen LogP contribution in [0.1, 0.15) is 42.7 Å². The fourth-order valence-electron chi connectivity index (χ4n) is 2.12. The first-order chi connectivity index (χ1) is 6.72. The van der Waals surface area contributed by atoms with Gasteiger partial charge in [0.1, 0.15) is 0 Å². The van der Waals surface area contributed by atoms with Crippen LogP contribution in [0.15, 0.2) is 6.07 Å². The van der Waals surface area contributed by atoms with Crippen LogP contribution < -0.4 is 0 Å². The predicted molar refractivity (Wildman–Crippen MR) is 53.2 cm³/mol. The topological polar surface area (TPSA) is 53.4 Å². The Labute approximate surface area is 83.4 Å². The molecule has 76 valence electrons. The van der Waals surface area contributed by atoms with E-state index in [2.05, 4.69) is 11.9 Å². The number of nitrogens with zero attached hydrogens (tertiary/aromatic N) is 1. The number of aryl methyl sites for hydroxylation is 1. The van der Waals surface area contributed by atoms with Gasteiger partial charge < -0.3 is 10.2 Å². The van der Waals surface area contributed by atoms with Crippen LogP contribution in [0.3, 0.4) is 0 Å². The van der Waals surface area contributed by atoms with E-state index >= 15 is 0 Å². The summed E-state index contributed by atoms with van der Waals surface area (Å²) < 4.78 is 0. The molecule has 0 spiro atoms. The Hall–Kier alpha value is -1.09. The summed E-state index contributed by atoms with van der Waals surface area (Å²) in [7, 11) is 0. The van der Waals surface area contributed by atoms with Gasteiger partial charge >= 0.3 is 0 Å². The Morgan fingerprint density at radius 1 is 1.57 bits per heavy atom. The quantitative estimate of drug-likeness (QED) is 0.714. The average molecular weight is 193 g/mol. The maximum absolute atomic E-state index is 9.73. The second kappa shape index (κ2) is 3.58. The third-order valence-electron chi connectivity index (χ3n) is 2.84. The van der Waals surface area contributed by atoms with E-state index in [9.17, 15) is 10.2 Å². The van der Waals surface area contributed by atoms with Crippen molar-refractivity contribution >= 4 is 0 Å². The van der Waals surface area contributed by atoms with Gasteiger partial charge in [0.05, 0.1) is 11.8 Å². The lowest BCUT2D eigenvalue weighted by atomic mass is 9.89. The molecule has 0 fully saturated rings. The molecule has 3 nitrogen and oxygen atoms in total. The highest BCUT2D eigenvalue weighted by Gasteiger charge is 2.22. The number of aromatic nitrogens is 1. The molecule has 2 N–H and O–H groups in total. The number of fused-ring (bicyclic) bond motifs is 1. The lowest BCUT2D eigenvalue weighted by molar-refractivity contribution is 0.150. The van der Waals surface area contributed by atoms with Crippen molar-refractivity contribution in [1.82, 2.24) is 4.98 Å². The molecule has 0 bridgehead atoms. The van der Waals surface area contributed by atoms with Gasteiger partial charge in [-0.1, -0.05) is 6.92 Å². The Balaban J connectivity index is 2.54. The average Bonchev–Trinajstić information content (AvgIpc) is 2.18. The van der Waals surface area contributed by atoms with E-state index in [0.29, 0.717) is 5.69 Å². The highest BCUT2D eigenvalue weighted by Crippen LogP contribution is 2.32. The first kappa shape index (κ1) is 9.46. The molecule has 1 aromatic rings. The fourth-order valence-corrected chi connectivity index (χ4v) is 2.12. The number of aliphatic hydroxyl groups is 1. The summed E-state index contributed by atoms with van der Waals surface area (Å²) in [6.07, 6.45) is 3.13. The molecule has 1 aliphatic rings. The Kier molecular flexibility index (Phi) is 2.42. The fraction of sp³-hybridized carbons (Fsp3) is 0.545. The number of rotatable bonds is 1. The van der Waals surface area contributed by atoms with E-state index in [1.807, 2.05) is 0 Å². The molecule has 1 aromatic heterocycles. The van der Waals surface area contributed by atoms with Gasteiger partial charge in [0.25, 0.3) is 0 Å². The monoisotopic (exact) mass is 193 g/mol. The van der Waals surface area contributed by atoms with E-state index in [-0.39, 0.29) is 5.88 Å². The zero-order valence-corrected chi connectivity index (χ0v) is 8.32. The molecule has 0 saturated heterocycles. The first-order valence-electron chi connectivity index (χ1n) is 5.12. The minimum Gasteiger partial charge on any atom is -0.493 e. The number of hydrogen-bond acceptors (Lipinski definition) is 3. The SMILES string of the molecule is CCc1cc(O)nc2c1CCCC2O. The molecule has 0 saturated carbocycles. The molecule has 1 atom stereocenters. The molecule has 14 heavy (non-hydrogen) atoms. The van der Waals surface area contributed by atoms with Crippen molar-refractivity contribution in [2.75, 3.05) is 0 Å². The molecular formula is C11H15NO2. The summed E-state index contributed by atoms with van der Waals surface area (Å²) in [6, 6.07) is 1.71. The zero-order valence-electron chi connectivity index (χ0n) is 8.32. The molecular weight excluding hydrogens is 178 g/mol.